The molecular formula is C12H15NO4. The molecule has 5 nitrogen and oxygen atoms in total. The molecule has 1 heterocycles. The van der Waals surface area contributed by atoms with E-state index in [-0.39, 0.29) is 17.8 Å². The monoisotopic (exact) mass is 237 g/mol. The maximum absolute atomic E-state index is 12.0. The van der Waals surface area contributed by atoms with Gasteiger partial charge in [0.2, 0.25) is 0 Å². The van der Waals surface area contributed by atoms with Gasteiger partial charge in [0, 0.05) is 5.69 Å². The third-order valence-electron chi connectivity index (χ3n) is 2.68. The van der Waals surface area contributed by atoms with Crippen LogP contribution in [0.5, 0.6) is 0 Å². The highest BCUT2D eigenvalue weighted by Crippen LogP contribution is 2.12. The van der Waals surface area contributed by atoms with Gasteiger partial charge in [-0.15, -0.1) is 0 Å². The summed E-state index contributed by atoms with van der Waals surface area (Å²) < 4.78 is 1.17. The van der Waals surface area contributed by atoms with Gasteiger partial charge in [0.15, 0.2) is 5.78 Å². The SMILES string of the molecule is CCC(C(=O)O)n1c(C)ccc(C(C)=O)c1=O. The number of aliphatic carboxylic acids is 1. The Morgan fingerprint density at radius 1 is 1.41 bits per heavy atom. The number of carboxylic acids is 1. The first-order chi connectivity index (χ1) is 7.90. The molecule has 1 aromatic heterocycles. The van der Waals surface area contributed by atoms with Crippen LogP contribution in [0.2, 0.25) is 0 Å². The van der Waals surface area contributed by atoms with Crippen molar-refractivity contribution in [2.24, 2.45) is 0 Å². The molecule has 0 bridgehead atoms. The Morgan fingerprint density at radius 3 is 2.41 bits per heavy atom. The van der Waals surface area contributed by atoms with Crippen molar-refractivity contribution in [3.63, 3.8) is 0 Å². The van der Waals surface area contributed by atoms with E-state index in [9.17, 15) is 14.4 Å². The lowest BCUT2D eigenvalue weighted by molar-refractivity contribution is -0.141. The number of nitrogens with zero attached hydrogens (tertiary/aromatic N) is 1. The highest BCUT2D eigenvalue weighted by Gasteiger charge is 2.22. The molecule has 5 heteroatoms. The Hall–Kier alpha value is -1.91. The van der Waals surface area contributed by atoms with Gasteiger partial charge in [0.05, 0.1) is 5.56 Å². The fourth-order valence-electron chi connectivity index (χ4n) is 1.77. The van der Waals surface area contributed by atoms with Crippen LogP contribution in [0.15, 0.2) is 16.9 Å². The molecule has 1 unspecified atom stereocenters. The fourth-order valence-corrected chi connectivity index (χ4v) is 1.77. The molecular weight excluding hydrogens is 222 g/mol. The third-order valence-corrected chi connectivity index (χ3v) is 2.68. The molecule has 0 saturated carbocycles. The summed E-state index contributed by atoms with van der Waals surface area (Å²) in [5, 5.41) is 9.06. The van der Waals surface area contributed by atoms with Gasteiger partial charge in [0.25, 0.3) is 5.56 Å². The number of carboxylic acid groups (broad SMARTS) is 1. The van der Waals surface area contributed by atoms with Crippen LogP contribution in [-0.2, 0) is 4.79 Å². The molecule has 0 radical (unpaired) electrons. The summed E-state index contributed by atoms with van der Waals surface area (Å²) in [5.74, 6) is -1.43. The summed E-state index contributed by atoms with van der Waals surface area (Å²) in [5.41, 5.74) is 0.0244. The fraction of sp³-hybridized carbons (Fsp3) is 0.417. The second-order valence-corrected chi connectivity index (χ2v) is 3.88. The lowest BCUT2D eigenvalue weighted by atomic mass is 10.1. The largest absolute Gasteiger partial charge is 0.480 e. The topological polar surface area (TPSA) is 76.4 Å². The first-order valence-corrected chi connectivity index (χ1v) is 5.36. The van der Waals surface area contributed by atoms with Gasteiger partial charge >= 0.3 is 5.97 Å². The van der Waals surface area contributed by atoms with Gasteiger partial charge in [-0.2, -0.15) is 0 Å². The molecule has 0 aromatic carbocycles. The van der Waals surface area contributed by atoms with Crippen LogP contribution in [0, 0.1) is 6.92 Å². The summed E-state index contributed by atoms with van der Waals surface area (Å²) in [6.07, 6.45) is 0.289. The van der Waals surface area contributed by atoms with E-state index in [4.69, 9.17) is 5.11 Å². The Bertz CT molecular complexity index is 516. The first kappa shape index (κ1) is 13.2. The van der Waals surface area contributed by atoms with Crippen molar-refractivity contribution in [1.29, 1.82) is 0 Å². The molecule has 0 aliphatic rings. The van der Waals surface area contributed by atoms with Crippen LogP contribution < -0.4 is 5.56 Å². The minimum atomic E-state index is -1.07. The molecule has 0 spiro atoms. The highest BCUT2D eigenvalue weighted by molar-refractivity contribution is 5.93. The van der Waals surface area contributed by atoms with Crippen molar-refractivity contribution in [1.82, 2.24) is 4.57 Å². The van der Waals surface area contributed by atoms with Gasteiger partial charge in [-0.1, -0.05) is 6.92 Å². The third kappa shape index (κ3) is 2.43. The smallest absolute Gasteiger partial charge is 0.326 e. The maximum Gasteiger partial charge on any atom is 0.326 e. The molecule has 1 N–H and O–H groups in total. The van der Waals surface area contributed by atoms with Gasteiger partial charge in [-0.05, 0) is 32.4 Å². The Balaban J connectivity index is 3.51. The van der Waals surface area contributed by atoms with Crippen molar-refractivity contribution in [3.05, 3.63) is 33.7 Å². The van der Waals surface area contributed by atoms with E-state index in [1.165, 1.54) is 17.6 Å². The number of ketones is 1. The van der Waals surface area contributed by atoms with Gasteiger partial charge in [-0.25, -0.2) is 4.79 Å². The molecule has 1 rings (SSSR count). The van der Waals surface area contributed by atoms with Crippen LogP contribution in [0.3, 0.4) is 0 Å². The molecule has 0 amide bonds. The highest BCUT2D eigenvalue weighted by atomic mass is 16.4. The van der Waals surface area contributed by atoms with E-state index in [1.807, 2.05) is 0 Å². The minimum Gasteiger partial charge on any atom is -0.480 e. The normalized spacial score (nSPS) is 12.2. The first-order valence-electron chi connectivity index (χ1n) is 5.36. The summed E-state index contributed by atoms with van der Waals surface area (Å²) in [7, 11) is 0. The number of aryl methyl sites for hydroxylation is 1. The Labute approximate surface area is 98.7 Å². The predicted molar refractivity (Wildman–Crippen MR) is 62.4 cm³/mol. The summed E-state index contributed by atoms with van der Waals surface area (Å²) in [6, 6.07) is 2.09. The molecule has 92 valence electrons. The zero-order valence-corrected chi connectivity index (χ0v) is 10.1. The predicted octanol–water partition coefficient (Wildman–Crippen LogP) is 1.40. The van der Waals surface area contributed by atoms with Crippen molar-refractivity contribution in [3.8, 4) is 0 Å². The van der Waals surface area contributed by atoms with Gasteiger partial charge < -0.3 is 5.11 Å². The average molecular weight is 237 g/mol. The van der Waals surface area contributed by atoms with E-state index < -0.39 is 17.6 Å². The second-order valence-electron chi connectivity index (χ2n) is 3.88. The number of pyridine rings is 1. The standard InChI is InChI=1S/C12H15NO4/c1-4-10(12(16)17)13-7(2)5-6-9(8(3)14)11(13)15/h5-6,10H,4H2,1-3H3,(H,16,17). The quantitative estimate of drug-likeness (QED) is 0.803. The van der Waals surface area contributed by atoms with Gasteiger partial charge in [-0.3, -0.25) is 14.2 Å². The molecule has 0 saturated heterocycles. The van der Waals surface area contributed by atoms with Gasteiger partial charge in [0.1, 0.15) is 6.04 Å². The average Bonchev–Trinajstić information content (AvgIpc) is 2.22. The van der Waals surface area contributed by atoms with Crippen LogP contribution >= 0.6 is 0 Å². The lowest BCUT2D eigenvalue weighted by Gasteiger charge is -2.17. The molecule has 1 aromatic rings. The molecule has 0 aliphatic carbocycles. The molecule has 0 fully saturated rings. The Kier molecular flexibility index (Phi) is 3.83. The number of Topliss-reactive ketones (excluding diaryl/α,β-unsaturated/α-hetero) is 1. The summed E-state index contributed by atoms with van der Waals surface area (Å²) in [6.45, 7) is 4.63. The van der Waals surface area contributed by atoms with Crippen molar-refractivity contribution in [2.75, 3.05) is 0 Å². The molecule has 1 atom stereocenters. The number of aromatic nitrogens is 1. The second kappa shape index (κ2) is 4.95. The maximum atomic E-state index is 12.0. The number of hydrogen-bond donors (Lipinski definition) is 1. The van der Waals surface area contributed by atoms with Crippen LogP contribution in [-0.4, -0.2) is 21.4 Å². The van der Waals surface area contributed by atoms with E-state index in [0.717, 1.165) is 0 Å². The van der Waals surface area contributed by atoms with Crippen molar-refractivity contribution in [2.45, 2.75) is 33.2 Å². The van der Waals surface area contributed by atoms with E-state index in [0.29, 0.717) is 5.69 Å². The van der Waals surface area contributed by atoms with Crippen LogP contribution in [0.25, 0.3) is 0 Å². The summed E-state index contributed by atoms with van der Waals surface area (Å²) >= 11 is 0. The summed E-state index contributed by atoms with van der Waals surface area (Å²) in [4.78, 5) is 34.3. The Morgan fingerprint density at radius 2 is 2.00 bits per heavy atom. The molecule has 17 heavy (non-hydrogen) atoms. The van der Waals surface area contributed by atoms with Crippen LogP contribution in [0.4, 0.5) is 0 Å². The van der Waals surface area contributed by atoms with Crippen LogP contribution in [0.1, 0.15) is 42.4 Å². The van der Waals surface area contributed by atoms with E-state index in [2.05, 4.69) is 0 Å². The number of hydrogen-bond acceptors (Lipinski definition) is 3. The lowest BCUT2D eigenvalue weighted by Crippen LogP contribution is -2.33. The van der Waals surface area contributed by atoms with Crippen molar-refractivity contribution < 1.29 is 14.7 Å². The minimum absolute atomic E-state index is 0.0234. The number of rotatable bonds is 4. The number of carbonyl (C=O) groups is 2. The zero-order valence-electron chi connectivity index (χ0n) is 10.1. The number of carbonyl (C=O) groups excluding carboxylic acids is 1. The molecule has 0 aliphatic heterocycles. The van der Waals surface area contributed by atoms with Crippen molar-refractivity contribution >= 4 is 11.8 Å². The van der Waals surface area contributed by atoms with E-state index in [1.54, 1.807) is 19.9 Å². The zero-order chi connectivity index (χ0) is 13.2. The van der Waals surface area contributed by atoms with E-state index >= 15 is 0 Å².